The predicted molar refractivity (Wildman–Crippen MR) is 38.8 cm³/mol. The highest BCUT2D eigenvalue weighted by Gasteiger charge is 2.33. The molecule has 0 aromatic heterocycles. The van der Waals surface area contributed by atoms with Crippen molar-refractivity contribution >= 4 is 5.78 Å². The fourth-order valence-electron chi connectivity index (χ4n) is 1.14. The Morgan fingerprint density at radius 2 is 2.40 bits per heavy atom. The first-order chi connectivity index (χ1) is 4.69. The molecule has 1 atom stereocenters. The lowest BCUT2D eigenvalue weighted by Crippen LogP contribution is -2.37. The maximum Gasteiger partial charge on any atom is 0.143 e. The van der Waals surface area contributed by atoms with Crippen molar-refractivity contribution in [3.8, 4) is 0 Å². The van der Waals surface area contributed by atoms with Gasteiger partial charge in [-0.25, -0.2) is 0 Å². The van der Waals surface area contributed by atoms with Crippen molar-refractivity contribution in [1.29, 1.82) is 0 Å². The van der Waals surface area contributed by atoms with Crippen LogP contribution in [0.1, 0.15) is 26.7 Å². The average Bonchev–Trinajstić information content (AvgIpc) is 1.96. The lowest BCUT2D eigenvalue weighted by molar-refractivity contribution is -0.138. The van der Waals surface area contributed by atoms with E-state index in [-0.39, 0.29) is 5.41 Å². The van der Waals surface area contributed by atoms with Crippen molar-refractivity contribution in [3.05, 3.63) is 0 Å². The molecular weight excluding hydrogens is 128 g/mol. The molecule has 10 heavy (non-hydrogen) atoms. The summed E-state index contributed by atoms with van der Waals surface area (Å²) in [7, 11) is 0. The van der Waals surface area contributed by atoms with E-state index in [1.807, 2.05) is 13.8 Å². The molecule has 1 aliphatic heterocycles. The Hall–Kier alpha value is -0.370. The van der Waals surface area contributed by atoms with Gasteiger partial charge in [0, 0.05) is 11.8 Å². The lowest BCUT2D eigenvalue weighted by Gasteiger charge is -2.30. The minimum absolute atomic E-state index is 0.182. The van der Waals surface area contributed by atoms with Gasteiger partial charge in [-0.1, -0.05) is 13.8 Å². The molecule has 0 aromatic carbocycles. The zero-order chi connectivity index (χ0) is 7.61. The monoisotopic (exact) mass is 142 g/mol. The Balaban J connectivity index is 2.63. The average molecular weight is 142 g/mol. The molecule has 0 radical (unpaired) electrons. The summed E-state index contributed by atoms with van der Waals surface area (Å²) in [6, 6.07) is 0. The van der Waals surface area contributed by atoms with Crippen LogP contribution in [-0.4, -0.2) is 19.0 Å². The zero-order valence-corrected chi connectivity index (χ0v) is 6.64. The number of carbonyl (C=O) groups is 1. The van der Waals surface area contributed by atoms with Crippen LogP contribution in [0.2, 0.25) is 0 Å². The van der Waals surface area contributed by atoms with Crippen molar-refractivity contribution in [1.82, 2.24) is 0 Å². The molecule has 1 aliphatic rings. The number of rotatable bonds is 1. The predicted octanol–water partition coefficient (Wildman–Crippen LogP) is 1.39. The Morgan fingerprint density at radius 1 is 1.70 bits per heavy atom. The van der Waals surface area contributed by atoms with Crippen LogP contribution in [-0.2, 0) is 9.53 Å². The van der Waals surface area contributed by atoms with Crippen LogP contribution in [0.3, 0.4) is 0 Å². The second-order valence-corrected chi connectivity index (χ2v) is 3.14. The number of hydrogen-bond acceptors (Lipinski definition) is 2. The third-order valence-corrected chi connectivity index (χ3v) is 2.35. The summed E-state index contributed by atoms with van der Waals surface area (Å²) in [6.07, 6.45) is 1.50. The van der Waals surface area contributed by atoms with Gasteiger partial charge in [0.05, 0.1) is 13.2 Å². The molecule has 0 N–H and O–H groups in total. The molecule has 0 amide bonds. The van der Waals surface area contributed by atoms with Crippen LogP contribution >= 0.6 is 0 Å². The lowest BCUT2D eigenvalue weighted by atomic mass is 9.81. The van der Waals surface area contributed by atoms with Gasteiger partial charge in [0.2, 0.25) is 0 Å². The van der Waals surface area contributed by atoms with Gasteiger partial charge in [-0.15, -0.1) is 0 Å². The molecule has 1 fully saturated rings. The van der Waals surface area contributed by atoms with Gasteiger partial charge < -0.3 is 4.74 Å². The van der Waals surface area contributed by atoms with Gasteiger partial charge in [0.25, 0.3) is 0 Å². The van der Waals surface area contributed by atoms with Crippen molar-refractivity contribution in [2.24, 2.45) is 5.41 Å². The van der Waals surface area contributed by atoms with Gasteiger partial charge in [0.1, 0.15) is 5.78 Å². The van der Waals surface area contributed by atoms with E-state index in [4.69, 9.17) is 4.74 Å². The maximum absolute atomic E-state index is 11.3. The summed E-state index contributed by atoms with van der Waals surface area (Å²) in [5.41, 5.74) is -0.182. The van der Waals surface area contributed by atoms with E-state index in [1.165, 1.54) is 0 Å². The summed E-state index contributed by atoms with van der Waals surface area (Å²) in [5, 5.41) is 0. The fourth-order valence-corrected chi connectivity index (χ4v) is 1.14. The minimum Gasteiger partial charge on any atom is -0.380 e. The highest BCUT2D eigenvalue weighted by Crippen LogP contribution is 2.27. The van der Waals surface area contributed by atoms with E-state index in [2.05, 4.69) is 0 Å². The highest BCUT2D eigenvalue weighted by atomic mass is 16.5. The molecule has 1 rings (SSSR count). The van der Waals surface area contributed by atoms with E-state index >= 15 is 0 Å². The molecule has 0 aliphatic carbocycles. The third kappa shape index (κ3) is 1.21. The number of hydrogen-bond donors (Lipinski definition) is 0. The van der Waals surface area contributed by atoms with Crippen LogP contribution in [0, 0.1) is 5.41 Å². The summed E-state index contributed by atoms with van der Waals surface area (Å²) in [5.74, 6) is 0.362. The van der Waals surface area contributed by atoms with Crippen molar-refractivity contribution in [3.63, 3.8) is 0 Å². The van der Waals surface area contributed by atoms with Crippen LogP contribution in [0.5, 0.6) is 0 Å². The second kappa shape index (κ2) is 2.70. The number of carbonyl (C=O) groups excluding carboxylic acids is 1. The topological polar surface area (TPSA) is 26.3 Å². The molecule has 1 heterocycles. The Bertz CT molecular complexity index is 142. The summed E-state index contributed by atoms with van der Waals surface area (Å²) in [6.45, 7) is 5.25. The van der Waals surface area contributed by atoms with Crippen molar-refractivity contribution in [2.75, 3.05) is 13.2 Å². The fraction of sp³-hybridized carbons (Fsp3) is 0.875. The Labute approximate surface area is 61.6 Å². The third-order valence-electron chi connectivity index (χ3n) is 2.35. The zero-order valence-electron chi connectivity index (χ0n) is 6.64. The molecule has 2 heteroatoms. The maximum atomic E-state index is 11.3. The molecular formula is C8H14O2. The normalized spacial score (nSPS) is 34.4. The van der Waals surface area contributed by atoms with Gasteiger partial charge in [0.15, 0.2) is 0 Å². The Morgan fingerprint density at radius 3 is 2.80 bits per heavy atom. The molecule has 1 saturated heterocycles. The van der Waals surface area contributed by atoms with Crippen LogP contribution in [0.4, 0.5) is 0 Å². The van der Waals surface area contributed by atoms with Crippen LogP contribution < -0.4 is 0 Å². The first kappa shape index (κ1) is 7.73. The smallest absolute Gasteiger partial charge is 0.143 e. The van der Waals surface area contributed by atoms with Gasteiger partial charge in [-0.05, 0) is 6.42 Å². The second-order valence-electron chi connectivity index (χ2n) is 3.14. The van der Waals surface area contributed by atoms with Crippen molar-refractivity contribution in [2.45, 2.75) is 26.7 Å². The molecule has 2 nitrogen and oxygen atoms in total. The van der Waals surface area contributed by atoms with E-state index in [0.717, 1.165) is 6.42 Å². The number of ketones is 1. The van der Waals surface area contributed by atoms with Gasteiger partial charge >= 0.3 is 0 Å². The summed E-state index contributed by atoms with van der Waals surface area (Å²) < 4.78 is 5.23. The SMILES string of the molecule is CCC1(C)COCCC1=O. The molecule has 0 aromatic rings. The largest absolute Gasteiger partial charge is 0.380 e. The summed E-state index contributed by atoms with van der Waals surface area (Å²) in [4.78, 5) is 11.3. The quantitative estimate of drug-likeness (QED) is 0.553. The first-order valence-electron chi connectivity index (χ1n) is 3.80. The summed E-state index contributed by atoms with van der Waals surface area (Å²) >= 11 is 0. The Kier molecular flexibility index (Phi) is 2.09. The van der Waals surface area contributed by atoms with E-state index in [1.54, 1.807) is 0 Å². The molecule has 1 unspecified atom stereocenters. The molecule has 0 bridgehead atoms. The standard InChI is InChI=1S/C8H14O2/c1-3-8(2)6-10-5-4-7(8)9/h3-6H2,1-2H3. The van der Waals surface area contributed by atoms with E-state index < -0.39 is 0 Å². The van der Waals surface area contributed by atoms with E-state index in [0.29, 0.717) is 25.4 Å². The van der Waals surface area contributed by atoms with E-state index in [9.17, 15) is 4.79 Å². The van der Waals surface area contributed by atoms with Crippen molar-refractivity contribution < 1.29 is 9.53 Å². The van der Waals surface area contributed by atoms with Crippen LogP contribution in [0.15, 0.2) is 0 Å². The highest BCUT2D eigenvalue weighted by molar-refractivity contribution is 5.85. The van der Waals surface area contributed by atoms with Gasteiger partial charge in [-0.3, -0.25) is 4.79 Å². The van der Waals surface area contributed by atoms with Gasteiger partial charge in [-0.2, -0.15) is 0 Å². The molecule has 0 saturated carbocycles. The molecule has 58 valence electrons. The van der Waals surface area contributed by atoms with Crippen LogP contribution in [0.25, 0.3) is 0 Å². The number of Topliss-reactive ketones (excluding diaryl/α,β-unsaturated/α-hetero) is 1. The number of ether oxygens (including phenoxy) is 1. The first-order valence-corrected chi connectivity index (χ1v) is 3.80. The minimum atomic E-state index is -0.182. The molecule has 0 spiro atoms.